The van der Waals surface area contributed by atoms with Gasteiger partial charge in [-0.3, -0.25) is 4.98 Å². The van der Waals surface area contributed by atoms with Crippen molar-refractivity contribution in [3.8, 4) is 0 Å². The topological polar surface area (TPSA) is 38.9 Å². The summed E-state index contributed by atoms with van der Waals surface area (Å²) in [6.45, 7) is 2.17. The van der Waals surface area contributed by atoms with Crippen LogP contribution in [0.1, 0.15) is 29.7 Å². The molecule has 0 saturated heterocycles. The third-order valence-electron chi connectivity index (χ3n) is 3.64. The van der Waals surface area contributed by atoms with Crippen LogP contribution in [0.5, 0.6) is 0 Å². The summed E-state index contributed by atoms with van der Waals surface area (Å²) in [6, 6.07) is 12.9. The Kier molecular flexibility index (Phi) is 3.81. The maximum atomic E-state index is 6.32. The molecule has 1 atom stereocenters. The average Bonchev–Trinajstić information content (AvgIpc) is 2.95. The highest BCUT2D eigenvalue weighted by atomic mass is 32.1. The quantitative estimate of drug-likeness (QED) is 0.782. The molecule has 3 heteroatoms. The zero-order chi connectivity index (χ0) is 13.9. The van der Waals surface area contributed by atoms with Crippen molar-refractivity contribution >= 4 is 21.6 Å². The summed E-state index contributed by atoms with van der Waals surface area (Å²) in [7, 11) is 0. The Labute approximate surface area is 123 Å². The third kappa shape index (κ3) is 2.74. The van der Waals surface area contributed by atoms with Crippen LogP contribution in [0.4, 0.5) is 0 Å². The van der Waals surface area contributed by atoms with Crippen molar-refractivity contribution in [1.29, 1.82) is 0 Å². The van der Waals surface area contributed by atoms with Crippen molar-refractivity contribution in [3.63, 3.8) is 0 Å². The molecule has 0 aliphatic carbocycles. The average molecular weight is 282 g/mol. The van der Waals surface area contributed by atoms with Gasteiger partial charge in [-0.25, -0.2) is 0 Å². The molecule has 0 aliphatic heterocycles. The van der Waals surface area contributed by atoms with Gasteiger partial charge in [0.15, 0.2) is 0 Å². The Balaban J connectivity index is 1.78. The molecule has 0 saturated carbocycles. The van der Waals surface area contributed by atoms with E-state index < -0.39 is 0 Å². The molecule has 2 N–H and O–H groups in total. The Morgan fingerprint density at radius 1 is 1.15 bits per heavy atom. The second-order valence-corrected chi connectivity index (χ2v) is 6.00. The molecule has 0 amide bonds. The summed E-state index contributed by atoms with van der Waals surface area (Å²) in [4.78, 5) is 4.46. The van der Waals surface area contributed by atoms with Crippen molar-refractivity contribution < 1.29 is 0 Å². The molecule has 1 aromatic carbocycles. The van der Waals surface area contributed by atoms with Crippen LogP contribution >= 0.6 is 11.3 Å². The largest absolute Gasteiger partial charge is 0.324 e. The highest BCUT2D eigenvalue weighted by molar-refractivity contribution is 7.17. The monoisotopic (exact) mass is 282 g/mol. The van der Waals surface area contributed by atoms with Gasteiger partial charge in [0, 0.05) is 12.2 Å². The van der Waals surface area contributed by atoms with Crippen LogP contribution in [0.15, 0.2) is 48.0 Å². The van der Waals surface area contributed by atoms with Gasteiger partial charge in [0.1, 0.15) is 0 Å². The SMILES string of the molecule is CCc1ccc(CC(N)c2cnc3ccsc3c2)cc1. The highest BCUT2D eigenvalue weighted by Gasteiger charge is 2.09. The summed E-state index contributed by atoms with van der Waals surface area (Å²) in [5, 5.41) is 2.07. The predicted molar refractivity (Wildman–Crippen MR) is 86.1 cm³/mol. The van der Waals surface area contributed by atoms with Crippen molar-refractivity contribution in [2.75, 3.05) is 0 Å². The van der Waals surface area contributed by atoms with Gasteiger partial charge >= 0.3 is 0 Å². The summed E-state index contributed by atoms with van der Waals surface area (Å²) in [5.41, 5.74) is 11.1. The minimum atomic E-state index is 0.00137. The van der Waals surface area contributed by atoms with Gasteiger partial charge in [0.05, 0.1) is 10.2 Å². The molecule has 0 spiro atoms. The number of pyridine rings is 1. The number of nitrogens with two attached hydrogens (primary N) is 1. The summed E-state index contributed by atoms with van der Waals surface area (Å²) < 4.78 is 1.21. The zero-order valence-electron chi connectivity index (χ0n) is 11.5. The summed E-state index contributed by atoms with van der Waals surface area (Å²) in [5.74, 6) is 0. The van der Waals surface area contributed by atoms with Gasteiger partial charge in [0.25, 0.3) is 0 Å². The second-order valence-electron chi connectivity index (χ2n) is 5.05. The Morgan fingerprint density at radius 3 is 2.65 bits per heavy atom. The normalized spacial score (nSPS) is 12.7. The van der Waals surface area contributed by atoms with Crippen molar-refractivity contribution in [1.82, 2.24) is 4.98 Å². The molecule has 0 radical (unpaired) electrons. The molecule has 3 rings (SSSR count). The molecular weight excluding hydrogens is 264 g/mol. The number of thiophene rings is 1. The molecule has 20 heavy (non-hydrogen) atoms. The lowest BCUT2D eigenvalue weighted by Gasteiger charge is -2.12. The Hall–Kier alpha value is -1.71. The molecule has 0 aliphatic rings. The fourth-order valence-corrected chi connectivity index (χ4v) is 3.14. The molecule has 2 nitrogen and oxygen atoms in total. The molecule has 102 valence electrons. The van der Waals surface area contributed by atoms with E-state index in [0.717, 1.165) is 23.9 Å². The first-order chi connectivity index (χ1) is 9.76. The minimum absolute atomic E-state index is 0.00137. The minimum Gasteiger partial charge on any atom is -0.324 e. The first-order valence-electron chi connectivity index (χ1n) is 6.93. The molecule has 2 aromatic heterocycles. The first-order valence-corrected chi connectivity index (χ1v) is 7.81. The van der Waals surface area contributed by atoms with Crippen molar-refractivity contribution in [2.45, 2.75) is 25.8 Å². The van der Waals surface area contributed by atoms with E-state index in [-0.39, 0.29) is 6.04 Å². The van der Waals surface area contributed by atoms with E-state index in [0.29, 0.717) is 0 Å². The smallest absolute Gasteiger partial charge is 0.0809 e. The van der Waals surface area contributed by atoms with E-state index in [1.807, 2.05) is 12.3 Å². The van der Waals surface area contributed by atoms with Crippen LogP contribution in [0.25, 0.3) is 10.2 Å². The van der Waals surface area contributed by atoms with Gasteiger partial charge in [-0.15, -0.1) is 11.3 Å². The summed E-state index contributed by atoms with van der Waals surface area (Å²) >= 11 is 1.71. The number of aryl methyl sites for hydroxylation is 1. The molecule has 3 aromatic rings. The van der Waals surface area contributed by atoms with Gasteiger partial charge < -0.3 is 5.73 Å². The van der Waals surface area contributed by atoms with Crippen molar-refractivity contribution in [2.24, 2.45) is 5.73 Å². The number of aromatic nitrogens is 1. The molecular formula is C17H18N2S. The fourth-order valence-electron chi connectivity index (χ4n) is 2.35. The van der Waals surface area contributed by atoms with E-state index in [1.54, 1.807) is 11.3 Å². The van der Waals surface area contributed by atoms with Crippen molar-refractivity contribution in [3.05, 3.63) is 64.7 Å². The number of rotatable bonds is 4. The van der Waals surface area contributed by atoms with Crippen LogP contribution in [-0.4, -0.2) is 4.98 Å². The van der Waals surface area contributed by atoms with Crippen LogP contribution < -0.4 is 5.73 Å². The molecule has 2 heterocycles. The van der Waals surface area contributed by atoms with Gasteiger partial charge in [-0.05, 0) is 47.0 Å². The predicted octanol–water partition coefficient (Wildman–Crippen LogP) is 4.10. The number of nitrogens with zero attached hydrogens (tertiary/aromatic N) is 1. The summed E-state index contributed by atoms with van der Waals surface area (Å²) in [6.07, 6.45) is 3.83. The molecule has 0 fully saturated rings. The second kappa shape index (κ2) is 5.73. The van der Waals surface area contributed by atoms with Gasteiger partial charge in [-0.2, -0.15) is 0 Å². The van der Waals surface area contributed by atoms with Crippen LogP contribution in [-0.2, 0) is 12.8 Å². The van der Waals surface area contributed by atoms with E-state index in [2.05, 4.69) is 47.6 Å². The Morgan fingerprint density at radius 2 is 1.90 bits per heavy atom. The standard InChI is InChI=1S/C17H18N2S/c1-2-12-3-5-13(6-4-12)9-15(18)14-10-17-16(19-11-14)7-8-20-17/h3-8,10-11,15H,2,9,18H2,1H3. The van der Waals surface area contributed by atoms with Crippen LogP contribution in [0.2, 0.25) is 0 Å². The highest BCUT2D eigenvalue weighted by Crippen LogP contribution is 2.23. The number of benzene rings is 1. The number of hydrogen-bond acceptors (Lipinski definition) is 3. The van der Waals surface area contributed by atoms with E-state index in [4.69, 9.17) is 5.73 Å². The fraction of sp³-hybridized carbons (Fsp3) is 0.235. The molecule has 0 bridgehead atoms. The van der Waals surface area contributed by atoms with Crippen LogP contribution in [0, 0.1) is 0 Å². The van der Waals surface area contributed by atoms with Gasteiger partial charge in [-0.1, -0.05) is 31.2 Å². The lowest BCUT2D eigenvalue weighted by molar-refractivity contribution is 0.720. The Bertz CT molecular complexity index is 700. The van der Waals surface area contributed by atoms with Gasteiger partial charge in [0.2, 0.25) is 0 Å². The molecule has 1 unspecified atom stereocenters. The van der Waals surface area contributed by atoms with E-state index in [1.165, 1.54) is 15.8 Å². The lowest BCUT2D eigenvalue weighted by atomic mass is 9.99. The number of fused-ring (bicyclic) bond motifs is 1. The van der Waals surface area contributed by atoms with E-state index >= 15 is 0 Å². The zero-order valence-corrected chi connectivity index (χ0v) is 12.4. The first kappa shape index (κ1) is 13.3. The van der Waals surface area contributed by atoms with Crippen LogP contribution in [0.3, 0.4) is 0 Å². The maximum Gasteiger partial charge on any atom is 0.0809 e. The third-order valence-corrected chi connectivity index (χ3v) is 4.49. The maximum absolute atomic E-state index is 6.32. The lowest BCUT2D eigenvalue weighted by Crippen LogP contribution is -2.13. The van der Waals surface area contributed by atoms with E-state index in [9.17, 15) is 0 Å². The number of hydrogen-bond donors (Lipinski definition) is 1.